The SMILES string of the molecule is CCC1CCC(c2noc(CC3(N)CCCCC3)n2)C1. The Hall–Kier alpha value is -0.900. The van der Waals surface area contributed by atoms with Crippen molar-refractivity contribution in [1.82, 2.24) is 10.1 Å². The topological polar surface area (TPSA) is 64.9 Å². The van der Waals surface area contributed by atoms with Crippen molar-refractivity contribution in [2.24, 2.45) is 11.7 Å². The van der Waals surface area contributed by atoms with Gasteiger partial charge >= 0.3 is 0 Å². The molecular formula is C16H27N3O. The van der Waals surface area contributed by atoms with Gasteiger partial charge in [0.1, 0.15) is 0 Å². The smallest absolute Gasteiger partial charge is 0.228 e. The second-order valence-electron chi connectivity index (χ2n) is 6.93. The number of rotatable bonds is 4. The van der Waals surface area contributed by atoms with E-state index in [2.05, 4.69) is 17.1 Å². The van der Waals surface area contributed by atoms with E-state index in [-0.39, 0.29) is 5.54 Å². The number of aromatic nitrogens is 2. The maximum absolute atomic E-state index is 6.47. The average molecular weight is 277 g/mol. The van der Waals surface area contributed by atoms with Crippen LogP contribution in [0.25, 0.3) is 0 Å². The molecule has 4 nitrogen and oxygen atoms in total. The lowest BCUT2D eigenvalue weighted by Gasteiger charge is -2.31. The van der Waals surface area contributed by atoms with Gasteiger partial charge in [0.2, 0.25) is 5.89 Å². The first-order valence-electron chi connectivity index (χ1n) is 8.30. The third kappa shape index (κ3) is 3.05. The van der Waals surface area contributed by atoms with Gasteiger partial charge in [-0.3, -0.25) is 0 Å². The largest absolute Gasteiger partial charge is 0.339 e. The van der Waals surface area contributed by atoms with Gasteiger partial charge in [0.25, 0.3) is 0 Å². The van der Waals surface area contributed by atoms with Gasteiger partial charge in [0.15, 0.2) is 5.82 Å². The van der Waals surface area contributed by atoms with Crippen LogP contribution in [0.2, 0.25) is 0 Å². The minimum atomic E-state index is -0.107. The monoisotopic (exact) mass is 277 g/mol. The maximum Gasteiger partial charge on any atom is 0.228 e. The van der Waals surface area contributed by atoms with Gasteiger partial charge in [-0.1, -0.05) is 37.8 Å². The minimum absolute atomic E-state index is 0.107. The standard InChI is InChI=1S/C16H27N3O/c1-2-12-6-7-13(10-12)15-18-14(20-19-15)11-16(17)8-4-3-5-9-16/h12-13H,2-11,17H2,1H3. The lowest BCUT2D eigenvalue weighted by atomic mass is 9.80. The summed E-state index contributed by atoms with van der Waals surface area (Å²) in [5.41, 5.74) is 6.36. The molecule has 0 aliphatic heterocycles. The Morgan fingerprint density at radius 2 is 2.05 bits per heavy atom. The predicted octanol–water partition coefficient (Wildman–Crippen LogP) is 3.57. The first-order chi connectivity index (χ1) is 9.68. The lowest BCUT2D eigenvalue weighted by molar-refractivity contribution is 0.260. The zero-order chi connectivity index (χ0) is 14.0. The third-order valence-corrected chi connectivity index (χ3v) is 5.32. The fourth-order valence-electron chi connectivity index (χ4n) is 3.92. The average Bonchev–Trinajstić information content (AvgIpc) is 3.07. The molecule has 2 aliphatic carbocycles. The summed E-state index contributed by atoms with van der Waals surface area (Å²) >= 11 is 0. The summed E-state index contributed by atoms with van der Waals surface area (Å²) < 4.78 is 5.47. The van der Waals surface area contributed by atoms with Crippen LogP contribution in [0.5, 0.6) is 0 Å². The molecule has 0 saturated heterocycles. The summed E-state index contributed by atoms with van der Waals surface area (Å²) in [6.07, 6.45) is 11.7. The molecule has 3 rings (SSSR count). The molecule has 1 heterocycles. The van der Waals surface area contributed by atoms with Crippen LogP contribution < -0.4 is 5.73 Å². The van der Waals surface area contributed by atoms with E-state index in [0.717, 1.165) is 36.9 Å². The van der Waals surface area contributed by atoms with E-state index >= 15 is 0 Å². The molecule has 0 spiro atoms. The molecule has 2 fully saturated rings. The molecule has 2 saturated carbocycles. The molecule has 2 atom stereocenters. The Balaban J connectivity index is 1.62. The van der Waals surface area contributed by atoms with Crippen LogP contribution in [0.15, 0.2) is 4.52 Å². The van der Waals surface area contributed by atoms with E-state index in [1.165, 1.54) is 44.9 Å². The van der Waals surface area contributed by atoms with Gasteiger partial charge in [-0.2, -0.15) is 4.98 Å². The second kappa shape index (κ2) is 5.84. The minimum Gasteiger partial charge on any atom is -0.339 e. The quantitative estimate of drug-likeness (QED) is 0.913. The number of hydrogen-bond acceptors (Lipinski definition) is 4. The Morgan fingerprint density at radius 3 is 2.75 bits per heavy atom. The Bertz CT molecular complexity index is 437. The molecule has 0 aromatic carbocycles. The highest BCUT2D eigenvalue weighted by Gasteiger charge is 2.32. The van der Waals surface area contributed by atoms with Crippen LogP contribution in [0, 0.1) is 5.92 Å². The summed E-state index contributed by atoms with van der Waals surface area (Å²) in [6, 6.07) is 0. The molecule has 2 aliphatic rings. The van der Waals surface area contributed by atoms with Gasteiger partial charge in [0, 0.05) is 17.9 Å². The summed E-state index contributed by atoms with van der Waals surface area (Å²) in [4.78, 5) is 4.64. The Kier molecular flexibility index (Phi) is 4.11. The fraction of sp³-hybridized carbons (Fsp3) is 0.875. The van der Waals surface area contributed by atoms with Crippen molar-refractivity contribution in [1.29, 1.82) is 0 Å². The number of hydrogen-bond donors (Lipinski definition) is 1. The molecule has 2 unspecified atom stereocenters. The normalized spacial score (nSPS) is 29.7. The lowest BCUT2D eigenvalue weighted by Crippen LogP contribution is -2.43. The van der Waals surface area contributed by atoms with Crippen LogP contribution in [-0.2, 0) is 6.42 Å². The molecule has 112 valence electrons. The zero-order valence-corrected chi connectivity index (χ0v) is 12.6. The van der Waals surface area contributed by atoms with Gasteiger partial charge < -0.3 is 10.3 Å². The van der Waals surface area contributed by atoms with Crippen LogP contribution in [0.4, 0.5) is 0 Å². The molecule has 4 heteroatoms. The van der Waals surface area contributed by atoms with E-state index in [1.807, 2.05) is 0 Å². The zero-order valence-electron chi connectivity index (χ0n) is 12.6. The van der Waals surface area contributed by atoms with Crippen molar-refractivity contribution in [2.75, 3.05) is 0 Å². The molecule has 2 N–H and O–H groups in total. The number of nitrogens with two attached hydrogens (primary N) is 1. The summed E-state index contributed by atoms with van der Waals surface area (Å²) in [7, 11) is 0. The summed E-state index contributed by atoms with van der Waals surface area (Å²) in [5, 5.41) is 4.22. The van der Waals surface area contributed by atoms with Crippen molar-refractivity contribution in [3.05, 3.63) is 11.7 Å². The van der Waals surface area contributed by atoms with Gasteiger partial charge in [-0.05, 0) is 38.0 Å². The van der Waals surface area contributed by atoms with Crippen LogP contribution in [0.1, 0.15) is 82.3 Å². The number of nitrogens with zero attached hydrogens (tertiary/aromatic N) is 2. The first-order valence-corrected chi connectivity index (χ1v) is 8.30. The highest BCUT2D eigenvalue weighted by Crippen LogP contribution is 2.38. The summed E-state index contributed by atoms with van der Waals surface area (Å²) in [5.74, 6) is 3.04. The first kappa shape index (κ1) is 14.1. The highest BCUT2D eigenvalue weighted by molar-refractivity contribution is 5.02. The van der Waals surface area contributed by atoms with Gasteiger partial charge in [-0.25, -0.2) is 0 Å². The molecular weight excluding hydrogens is 250 g/mol. The van der Waals surface area contributed by atoms with E-state index in [4.69, 9.17) is 10.3 Å². The van der Waals surface area contributed by atoms with E-state index in [1.54, 1.807) is 0 Å². The molecule has 20 heavy (non-hydrogen) atoms. The third-order valence-electron chi connectivity index (χ3n) is 5.32. The van der Waals surface area contributed by atoms with Gasteiger partial charge in [-0.15, -0.1) is 0 Å². The Labute approximate surface area is 121 Å². The van der Waals surface area contributed by atoms with Crippen LogP contribution in [0.3, 0.4) is 0 Å². The van der Waals surface area contributed by atoms with E-state index in [9.17, 15) is 0 Å². The van der Waals surface area contributed by atoms with E-state index in [0.29, 0.717) is 5.92 Å². The van der Waals surface area contributed by atoms with Crippen molar-refractivity contribution in [2.45, 2.75) is 82.6 Å². The summed E-state index contributed by atoms with van der Waals surface area (Å²) in [6.45, 7) is 2.27. The molecule has 0 radical (unpaired) electrons. The van der Waals surface area contributed by atoms with Crippen molar-refractivity contribution in [3.63, 3.8) is 0 Å². The van der Waals surface area contributed by atoms with Crippen LogP contribution >= 0.6 is 0 Å². The van der Waals surface area contributed by atoms with Gasteiger partial charge in [0.05, 0.1) is 0 Å². The van der Waals surface area contributed by atoms with Crippen molar-refractivity contribution in [3.8, 4) is 0 Å². The second-order valence-corrected chi connectivity index (χ2v) is 6.93. The fourth-order valence-corrected chi connectivity index (χ4v) is 3.92. The van der Waals surface area contributed by atoms with Crippen molar-refractivity contribution >= 4 is 0 Å². The molecule has 0 bridgehead atoms. The predicted molar refractivity (Wildman–Crippen MR) is 78.4 cm³/mol. The molecule has 1 aromatic rings. The maximum atomic E-state index is 6.47. The molecule has 1 aromatic heterocycles. The van der Waals surface area contributed by atoms with E-state index < -0.39 is 0 Å². The Morgan fingerprint density at radius 1 is 1.25 bits per heavy atom. The highest BCUT2D eigenvalue weighted by atomic mass is 16.5. The van der Waals surface area contributed by atoms with Crippen LogP contribution in [-0.4, -0.2) is 15.7 Å². The molecule has 0 amide bonds. The van der Waals surface area contributed by atoms with Crippen molar-refractivity contribution < 1.29 is 4.52 Å².